The van der Waals surface area contributed by atoms with Crippen molar-refractivity contribution >= 4 is 30.7 Å². The minimum absolute atomic E-state index is 0. The van der Waals surface area contributed by atoms with Crippen LogP contribution in [0.2, 0.25) is 0 Å². The van der Waals surface area contributed by atoms with E-state index in [1.807, 2.05) is 22.7 Å². The van der Waals surface area contributed by atoms with Crippen LogP contribution >= 0.6 is 24.8 Å². The molecule has 2 heterocycles. The van der Waals surface area contributed by atoms with E-state index in [1.54, 1.807) is 12.5 Å². The topological polar surface area (TPSA) is 50.2 Å². The molecule has 0 radical (unpaired) electrons. The van der Waals surface area contributed by atoms with Crippen LogP contribution in [0.3, 0.4) is 0 Å². The van der Waals surface area contributed by atoms with Crippen molar-refractivity contribution < 1.29 is 4.79 Å². The molecule has 0 spiro atoms. The minimum Gasteiger partial charge on any atom is -0.343 e. The van der Waals surface area contributed by atoms with Crippen LogP contribution in [0.4, 0.5) is 0 Å². The predicted octanol–water partition coefficient (Wildman–Crippen LogP) is 1.96. The number of rotatable bonds is 6. The Kier molecular flexibility index (Phi) is 10.5. The van der Waals surface area contributed by atoms with Crippen molar-refractivity contribution in [2.45, 2.75) is 32.2 Å². The van der Waals surface area contributed by atoms with E-state index in [0.717, 1.165) is 44.9 Å². The first-order chi connectivity index (χ1) is 9.29. The molecule has 1 amide bonds. The quantitative estimate of drug-likeness (QED) is 0.863. The number of imidazole rings is 1. The lowest BCUT2D eigenvalue weighted by Gasteiger charge is -2.32. The third kappa shape index (κ3) is 6.68. The van der Waals surface area contributed by atoms with Crippen LogP contribution in [0.1, 0.15) is 25.7 Å². The van der Waals surface area contributed by atoms with Crippen LogP contribution in [0.15, 0.2) is 18.7 Å². The first-order valence-corrected chi connectivity index (χ1v) is 7.17. The van der Waals surface area contributed by atoms with Gasteiger partial charge in [0.1, 0.15) is 0 Å². The molecule has 0 bridgehead atoms. The smallest absolute Gasteiger partial charge is 0.224 e. The third-order valence-electron chi connectivity index (χ3n) is 3.91. The number of carbonyl (C=O) groups excluding carboxylic acids is 1. The monoisotopic (exact) mass is 336 g/mol. The van der Waals surface area contributed by atoms with E-state index in [9.17, 15) is 4.79 Å². The lowest BCUT2D eigenvalue weighted by Crippen LogP contribution is -2.39. The van der Waals surface area contributed by atoms with Gasteiger partial charge in [0.25, 0.3) is 0 Å². The predicted molar refractivity (Wildman–Crippen MR) is 89.2 cm³/mol. The molecule has 0 saturated carbocycles. The highest BCUT2D eigenvalue weighted by Gasteiger charge is 2.21. The molecule has 1 saturated heterocycles. The Morgan fingerprint density at radius 3 is 2.62 bits per heavy atom. The molecule has 0 atom stereocenters. The Morgan fingerprint density at radius 2 is 2.05 bits per heavy atom. The van der Waals surface area contributed by atoms with Crippen molar-refractivity contribution in [2.75, 3.05) is 26.7 Å². The molecule has 0 aliphatic carbocycles. The number of piperidine rings is 1. The van der Waals surface area contributed by atoms with E-state index >= 15 is 0 Å². The van der Waals surface area contributed by atoms with E-state index in [-0.39, 0.29) is 30.7 Å². The standard InChI is InChI=1S/C14H24N4O.2ClH/c1-15-6-2-13-3-9-18(10-4-13)14(19)5-8-17-11-7-16-12-17;;/h7,11-13,15H,2-6,8-10H2,1H3;2*1H. The second-order valence-electron chi connectivity index (χ2n) is 5.27. The Hall–Kier alpha value is -0.780. The summed E-state index contributed by atoms with van der Waals surface area (Å²) < 4.78 is 1.96. The number of hydrogen-bond donors (Lipinski definition) is 1. The summed E-state index contributed by atoms with van der Waals surface area (Å²) in [6.07, 6.45) is 9.52. The van der Waals surface area contributed by atoms with Crippen LogP contribution in [-0.2, 0) is 11.3 Å². The maximum atomic E-state index is 12.1. The summed E-state index contributed by atoms with van der Waals surface area (Å²) in [6, 6.07) is 0. The van der Waals surface area contributed by atoms with Crippen molar-refractivity contribution in [3.8, 4) is 0 Å². The van der Waals surface area contributed by atoms with Gasteiger partial charge in [-0.05, 0) is 38.8 Å². The molecule has 122 valence electrons. The number of carbonyl (C=O) groups is 1. The van der Waals surface area contributed by atoms with Crippen molar-refractivity contribution in [2.24, 2.45) is 5.92 Å². The summed E-state index contributed by atoms with van der Waals surface area (Å²) in [5.74, 6) is 1.06. The van der Waals surface area contributed by atoms with Gasteiger partial charge in [0, 0.05) is 38.4 Å². The first-order valence-electron chi connectivity index (χ1n) is 7.17. The molecule has 0 aromatic carbocycles. The van der Waals surface area contributed by atoms with Gasteiger partial charge in [0.2, 0.25) is 5.91 Å². The second-order valence-corrected chi connectivity index (χ2v) is 5.27. The Labute approximate surface area is 139 Å². The van der Waals surface area contributed by atoms with E-state index < -0.39 is 0 Å². The molecule has 21 heavy (non-hydrogen) atoms. The van der Waals surface area contributed by atoms with E-state index in [4.69, 9.17) is 0 Å². The third-order valence-corrected chi connectivity index (χ3v) is 3.91. The molecule has 5 nitrogen and oxygen atoms in total. The van der Waals surface area contributed by atoms with Gasteiger partial charge in [0.15, 0.2) is 0 Å². The highest BCUT2D eigenvalue weighted by Crippen LogP contribution is 2.20. The first kappa shape index (κ1) is 20.2. The lowest BCUT2D eigenvalue weighted by molar-refractivity contribution is -0.132. The van der Waals surface area contributed by atoms with Gasteiger partial charge in [-0.3, -0.25) is 4.79 Å². The zero-order valence-corrected chi connectivity index (χ0v) is 14.2. The number of aromatic nitrogens is 2. The van der Waals surface area contributed by atoms with Crippen LogP contribution in [0, 0.1) is 5.92 Å². The zero-order valence-electron chi connectivity index (χ0n) is 12.5. The number of aryl methyl sites for hydroxylation is 1. The molecular weight excluding hydrogens is 311 g/mol. The number of nitrogens with zero attached hydrogens (tertiary/aromatic N) is 3. The summed E-state index contributed by atoms with van der Waals surface area (Å²) in [7, 11) is 1.99. The molecule has 1 aromatic heterocycles. The summed E-state index contributed by atoms with van der Waals surface area (Å²) in [4.78, 5) is 18.1. The average molecular weight is 337 g/mol. The molecule has 7 heteroatoms. The lowest BCUT2D eigenvalue weighted by atomic mass is 9.93. The summed E-state index contributed by atoms with van der Waals surface area (Å²) in [5, 5.41) is 3.20. The molecule has 1 aliphatic rings. The maximum absolute atomic E-state index is 12.1. The summed E-state index contributed by atoms with van der Waals surface area (Å²) in [6.45, 7) is 3.67. The number of likely N-dealkylation sites (tertiary alicyclic amines) is 1. The van der Waals surface area contributed by atoms with E-state index in [0.29, 0.717) is 6.42 Å². The summed E-state index contributed by atoms with van der Waals surface area (Å²) >= 11 is 0. The average Bonchev–Trinajstić information content (AvgIpc) is 2.96. The highest BCUT2D eigenvalue weighted by atomic mass is 35.5. The van der Waals surface area contributed by atoms with Crippen LogP contribution in [0.5, 0.6) is 0 Å². The van der Waals surface area contributed by atoms with Crippen LogP contribution in [0.25, 0.3) is 0 Å². The summed E-state index contributed by atoms with van der Waals surface area (Å²) in [5.41, 5.74) is 0. The Balaban J connectivity index is 0.00000200. The zero-order chi connectivity index (χ0) is 13.5. The number of hydrogen-bond acceptors (Lipinski definition) is 3. The molecule has 2 rings (SSSR count). The fraction of sp³-hybridized carbons (Fsp3) is 0.714. The molecule has 0 unspecified atom stereocenters. The molecule has 1 fully saturated rings. The molecule has 1 aromatic rings. The normalized spacial score (nSPS) is 15.2. The van der Waals surface area contributed by atoms with Crippen molar-refractivity contribution in [1.82, 2.24) is 19.8 Å². The van der Waals surface area contributed by atoms with Gasteiger partial charge in [-0.1, -0.05) is 0 Å². The van der Waals surface area contributed by atoms with E-state index in [1.165, 1.54) is 6.42 Å². The fourth-order valence-corrected chi connectivity index (χ4v) is 2.62. The number of nitrogens with one attached hydrogen (secondary N) is 1. The van der Waals surface area contributed by atoms with Crippen molar-refractivity contribution in [3.05, 3.63) is 18.7 Å². The van der Waals surface area contributed by atoms with Gasteiger partial charge in [-0.15, -0.1) is 24.8 Å². The number of halogens is 2. The Morgan fingerprint density at radius 1 is 1.33 bits per heavy atom. The van der Waals surface area contributed by atoms with Crippen molar-refractivity contribution in [1.29, 1.82) is 0 Å². The van der Waals surface area contributed by atoms with E-state index in [2.05, 4.69) is 10.3 Å². The van der Waals surface area contributed by atoms with Crippen LogP contribution < -0.4 is 5.32 Å². The van der Waals surface area contributed by atoms with Gasteiger partial charge in [-0.2, -0.15) is 0 Å². The van der Waals surface area contributed by atoms with Gasteiger partial charge in [0.05, 0.1) is 6.33 Å². The van der Waals surface area contributed by atoms with Gasteiger partial charge < -0.3 is 14.8 Å². The molecular formula is C14H26Cl2N4O. The van der Waals surface area contributed by atoms with Gasteiger partial charge >= 0.3 is 0 Å². The Bertz CT molecular complexity index is 378. The molecule has 1 N–H and O–H groups in total. The van der Waals surface area contributed by atoms with Gasteiger partial charge in [-0.25, -0.2) is 4.98 Å². The molecule has 1 aliphatic heterocycles. The van der Waals surface area contributed by atoms with Crippen molar-refractivity contribution in [3.63, 3.8) is 0 Å². The number of amides is 1. The fourth-order valence-electron chi connectivity index (χ4n) is 2.62. The second kappa shape index (κ2) is 10.9. The van der Waals surface area contributed by atoms with Crippen LogP contribution in [-0.4, -0.2) is 47.0 Å². The highest BCUT2D eigenvalue weighted by molar-refractivity contribution is 5.85. The largest absolute Gasteiger partial charge is 0.343 e. The maximum Gasteiger partial charge on any atom is 0.224 e. The SMILES string of the molecule is CNCCC1CCN(C(=O)CCn2ccnc2)CC1.Cl.Cl. The minimum atomic E-state index is 0.